The maximum absolute atomic E-state index is 13.4. The first kappa shape index (κ1) is 25.2. The van der Waals surface area contributed by atoms with Crippen LogP contribution in [-0.4, -0.2) is 22.9 Å². The van der Waals surface area contributed by atoms with Crippen molar-refractivity contribution in [1.29, 1.82) is 10.8 Å². The van der Waals surface area contributed by atoms with Crippen molar-refractivity contribution in [3.05, 3.63) is 82.4 Å². The van der Waals surface area contributed by atoms with Gasteiger partial charge in [-0.25, -0.2) is 0 Å². The van der Waals surface area contributed by atoms with Crippen molar-refractivity contribution in [3.63, 3.8) is 0 Å². The summed E-state index contributed by atoms with van der Waals surface area (Å²) in [5, 5.41) is 16.7. The molecule has 0 bridgehead atoms. The number of fused-ring (bicyclic) bond motifs is 1. The van der Waals surface area contributed by atoms with Gasteiger partial charge in [0.1, 0.15) is 5.82 Å². The summed E-state index contributed by atoms with van der Waals surface area (Å²) in [5.41, 5.74) is -2.68. The molecule has 36 heavy (non-hydrogen) atoms. The van der Waals surface area contributed by atoms with E-state index in [-0.39, 0.29) is 16.7 Å². The Morgan fingerprint density at radius 1 is 0.889 bits per heavy atom. The summed E-state index contributed by atoms with van der Waals surface area (Å²) in [6.45, 7) is 0. The molecule has 0 aliphatic carbocycles. The molecule has 1 aromatic heterocycles. The molecule has 0 spiro atoms. The fraction of sp³-hybridized carbons (Fsp3) is 0.125. The maximum Gasteiger partial charge on any atom is 0.417 e. The van der Waals surface area contributed by atoms with E-state index in [1.54, 1.807) is 42.3 Å². The summed E-state index contributed by atoms with van der Waals surface area (Å²) in [6.07, 6.45) is -9.44. The first-order valence-corrected chi connectivity index (χ1v) is 10.6. The van der Waals surface area contributed by atoms with Crippen molar-refractivity contribution < 1.29 is 26.3 Å². The molecule has 12 heteroatoms. The van der Waals surface area contributed by atoms with Gasteiger partial charge < -0.3 is 4.90 Å². The van der Waals surface area contributed by atoms with Gasteiger partial charge in [-0.2, -0.15) is 31.3 Å². The minimum Gasteiger partial charge on any atom is -0.329 e. The normalized spacial score (nSPS) is 12.1. The maximum atomic E-state index is 13.4. The molecule has 5 nitrogen and oxygen atoms in total. The third kappa shape index (κ3) is 4.66. The van der Waals surface area contributed by atoms with Crippen LogP contribution in [0.2, 0.25) is 5.02 Å². The highest BCUT2D eigenvalue weighted by molar-refractivity contribution is 6.31. The van der Waals surface area contributed by atoms with E-state index in [0.717, 1.165) is 12.4 Å². The summed E-state index contributed by atoms with van der Waals surface area (Å²) >= 11 is 6.09. The molecule has 0 saturated heterocycles. The summed E-state index contributed by atoms with van der Waals surface area (Å²) in [7, 11) is 1.62. The number of hydrogen-bond acceptors (Lipinski definition) is 4. The number of anilines is 2. The average molecular weight is 524 g/mol. The number of nitrogens with one attached hydrogen (secondary N) is 2. The lowest BCUT2D eigenvalue weighted by atomic mass is 9.98. The van der Waals surface area contributed by atoms with Crippen molar-refractivity contribution in [3.8, 4) is 11.1 Å². The van der Waals surface area contributed by atoms with Crippen LogP contribution in [0.5, 0.6) is 0 Å². The third-order valence-corrected chi connectivity index (χ3v) is 5.78. The number of alkyl halides is 6. The van der Waals surface area contributed by atoms with Crippen LogP contribution in [0.4, 0.5) is 37.8 Å². The summed E-state index contributed by atoms with van der Waals surface area (Å²) < 4.78 is 80.9. The van der Waals surface area contributed by atoms with E-state index < -0.39 is 23.5 Å². The first-order valence-electron chi connectivity index (χ1n) is 10.2. The standard InChI is InChI=1S/C24H16ClF6N5/c1-35(21-17-7-6-15(25)11-20(17)36(12-32)22(33)34-21)16-4-2-3-13(9-16)14-5-8-18(23(26,27)28)19(10-14)24(29,30)31/h2-12,32-33H,1H3. The number of halogens is 7. The molecule has 1 heterocycles. The summed E-state index contributed by atoms with van der Waals surface area (Å²) in [5.74, 6) is 0.310. The lowest BCUT2D eigenvalue weighted by Crippen LogP contribution is -2.26. The van der Waals surface area contributed by atoms with E-state index in [4.69, 9.17) is 22.4 Å². The van der Waals surface area contributed by atoms with Gasteiger partial charge in [0, 0.05) is 23.1 Å². The molecule has 0 amide bonds. The van der Waals surface area contributed by atoms with E-state index in [0.29, 0.717) is 39.6 Å². The Morgan fingerprint density at radius 2 is 1.56 bits per heavy atom. The second-order valence-electron chi connectivity index (χ2n) is 7.78. The van der Waals surface area contributed by atoms with Gasteiger partial charge in [0.2, 0.25) is 5.62 Å². The third-order valence-electron chi connectivity index (χ3n) is 5.54. The summed E-state index contributed by atoms with van der Waals surface area (Å²) in [6, 6.07) is 12.9. The molecule has 3 aromatic carbocycles. The van der Waals surface area contributed by atoms with Gasteiger partial charge in [0.05, 0.1) is 23.0 Å². The Morgan fingerprint density at radius 3 is 2.19 bits per heavy atom. The van der Waals surface area contributed by atoms with E-state index >= 15 is 0 Å². The molecule has 186 valence electrons. The van der Waals surface area contributed by atoms with E-state index in [9.17, 15) is 26.3 Å². The zero-order valence-corrected chi connectivity index (χ0v) is 19.1. The topological polar surface area (TPSA) is 68.8 Å². The number of rotatable bonds is 4. The van der Waals surface area contributed by atoms with Crippen molar-refractivity contribution in [2.45, 2.75) is 12.4 Å². The van der Waals surface area contributed by atoms with E-state index in [1.165, 1.54) is 16.7 Å². The highest BCUT2D eigenvalue weighted by Gasteiger charge is 2.43. The quantitative estimate of drug-likeness (QED) is 0.170. The van der Waals surface area contributed by atoms with Gasteiger partial charge in [-0.1, -0.05) is 29.8 Å². The predicted molar refractivity (Wildman–Crippen MR) is 125 cm³/mol. The first-order chi connectivity index (χ1) is 16.8. The molecule has 0 atom stereocenters. The Balaban J connectivity index is 1.84. The van der Waals surface area contributed by atoms with Crippen molar-refractivity contribution in [2.24, 2.45) is 0 Å². The lowest BCUT2D eigenvalue weighted by molar-refractivity contribution is -0.162. The number of benzene rings is 3. The smallest absolute Gasteiger partial charge is 0.329 e. The zero-order chi connectivity index (χ0) is 26.4. The highest BCUT2D eigenvalue weighted by Crippen LogP contribution is 2.42. The van der Waals surface area contributed by atoms with Crippen LogP contribution in [-0.2, 0) is 12.4 Å². The van der Waals surface area contributed by atoms with Crippen molar-refractivity contribution in [2.75, 3.05) is 11.9 Å². The average Bonchev–Trinajstić information content (AvgIpc) is 2.81. The number of hydrogen-bond donors (Lipinski definition) is 2. The highest BCUT2D eigenvalue weighted by atomic mass is 35.5. The molecule has 4 rings (SSSR count). The van der Waals surface area contributed by atoms with E-state index in [2.05, 4.69) is 4.98 Å². The van der Waals surface area contributed by atoms with Gasteiger partial charge in [-0.3, -0.25) is 15.4 Å². The fourth-order valence-electron chi connectivity index (χ4n) is 3.83. The van der Waals surface area contributed by atoms with Crippen LogP contribution >= 0.6 is 11.6 Å². The van der Waals surface area contributed by atoms with Crippen LogP contribution in [0.3, 0.4) is 0 Å². The molecule has 4 aromatic rings. The van der Waals surface area contributed by atoms with Crippen LogP contribution in [0.15, 0.2) is 60.7 Å². The molecular formula is C24H16ClF6N5. The Kier molecular flexibility index (Phi) is 6.29. The molecular weight excluding hydrogens is 508 g/mol. The number of aromatic nitrogens is 2. The van der Waals surface area contributed by atoms with Crippen LogP contribution in [0.1, 0.15) is 11.1 Å². The van der Waals surface area contributed by atoms with E-state index in [1.807, 2.05) is 0 Å². The van der Waals surface area contributed by atoms with Gasteiger partial charge >= 0.3 is 12.4 Å². The van der Waals surface area contributed by atoms with Gasteiger partial charge in [-0.15, -0.1) is 0 Å². The molecule has 0 unspecified atom stereocenters. The Labute approximate surface area is 205 Å². The molecule has 2 N–H and O–H groups in total. The van der Waals surface area contributed by atoms with Crippen LogP contribution in [0.25, 0.3) is 22.0 Å². The second kappa shape index (κ2) is 8.98. The van der Waals surface area contributed by atoms with Gasteiger partial charge in [0.25, 0.3) is 0 Å². The van der Waals surface area contributed by atoms with Crippen molar-refractivity contribution >= 4 is 40.3 Å². The van der Waals surface area contributed by atoms with Gasteiger partial charge in [0.15, 0.2) is 0 Å². The zero-order valence-electron chi connectivity index (χ0n) is 18.3. The van der Waals surface area contributed by atoms with Crippen molar-refractivity contribution in [1.82, 2.24) is 9.55 Å². The second-order valence-corrected chi connectivity index (χ2v) is 8.22. The SMILES string of the molecule is CN(c1cccc(-c2ccc(C(F)(F)F)c(C(F)(F)F)c2)c1)c1nc(=N)n(C=N)c2cc(Cl)ccc12. The fourth-order valence-corrected chi connectivity index (χ4v) is 4.00. The molecule has 0 aliphatic heterocycles. The predicted octanol–water partition coefficient (Wildman–Crippen LogP) is 7.10. The molecule has 0 radical (unpaired) electrons. The minimum atomic E-state index is -5.20. The monoisotopic (exact) mass is 523 g/mol. The Hall–Kier alpha value is -3.86. The minimum absolute atomic E-state index is 0.0499. The molecule has 0 aliphatic rings. The largest absolute Gasteiger partial charge is 0.417 e. The Bertz CT molecular complexity index is 1540. The summed E-state index contributed by atoms with van der Waals surface area (Å²) in [4.78, 5) is 5.84. The number of nitrogens with zero attached hydrogens (tertiary/aromatic N) is 3. The molecule has 0 fully saturated rings. The molecule has 0 saturated carbocycles. The lowest BCUT2D eigenvalue weighted by Gasteiger charge is -2.22. The van der Waals surface area contributed by atoms with Crippen LogP contribution in [0, 0.1) is 10.8 Å². The van der Waals surface area contributed by atoms with Gasteiger partial charge in [-0.05, 0) is 53.6 Å². The van der Waals surface area contributed by atoms with Crippen LogP contribution < -0.4 is 10.5 Å².